The maximum atomic E-state index is 12.0. The van der Waals surface area contributed by atoms with Gasteiger partial charge in [-0.3, -0.25) is 4.21 Å². The molecule has 5 nitrogen and oxygen atoms in total. The molecule has 0 radical (unpaired) electrons. The van der Waals surface area contributed by atoms with E-state index in [4.69, 9.17) is 5.73 Å². The lowest BCUT2D eigenvalue weighted by Crippen LogP contribution is -2.28. The summed E-state index contributed by atoms with van der Waals surface area (Å²) in [5, 5.41) is 0. The zero-order chi connectivity index (χ0) is 13.9. The van der Waals surface area contributed by atoms with Crippen molar-refractivity contribution in [1.82, 2.24) is 4.72 Å². The highest BCUT2D eigenvalue weighted by molar-refractivity contribution is 9.11. The number of nitrogens with two attached hydrogens (primary N) is 1. The number of nitrogen functional groups attached to an aromatic ring is 1. The maximum absolute atomic E-state index is 12.0. The SMILES string of the molecule is CS(=O)CCNS(=O)(=O)c1c(N)cc(Br)cc1Br. The molecular formula is C9H12Br2N2O3S2. The van der Waals surface area contributed by atoms with Gasteiger partial charge in [-0.15, -0.1) is 0 Å². The van der Waals surface area contributed by atoms with E-state index >= 15 is 0 Å². The Kier molecular flexibility index (Phi) is 5.78. The van der Waals surface area contributed by atoms with Crippen molar-refractivity contribution in [1.29, 1.82) is 0 Å². The summed E-state index contributed by atoms with van der Waals surface area (Å²) in [5.74, 6) is 0.257. The summed E-state index contributed by atoms with van der Waals surface area (Å²) in [6.45, 7) is 0.105. The first kappa shape index (κ1) is 16.1. The van der Waals surface area contributed by atoms with E-state index < -0.39 is 20.8 Å². The first-order valence-electron chi connectivity index (χ1n) is 4.78. The lowest BCUT2D eigenvalue weighted by molar-refractivity contribution is 0.584. The molecule has 0 heterocycles. The van der Waals surface area contributed by atoms with Crippen LogP contribution in [0.2, 0.25) is 0 Å². The molecule has 9 heteroatoms. The average molecular weight is 420 g/mol. The molecule has 0 aliphatic heterocycles. The van der Waals surface area contributed by atoms with Crippen LogP contribution >= 0.6 is 31.9 Å². The topological polar surface area (TPSA) is 89.3 Å². The van der Waals surface area contributed by atoms with Crippen molar-refractivity contribution < 1.29 is 12.6 Å². The number of halogens is 2. The quantitative estimate of drug-likeness (QED) is 0.706. The van der Waals surface area contributed by atoms with Gasteiger partial charge in [0.25, 0.3) is 0 Å². The third-order valence-corrected chi connectivity index (χ3v) is 5.69. The normalized spacial score (nSPS) is 13.5. The van der Waals surface area contributed by atoms with Crippen LogP contribution in [0.25, 0.3) is 0 Å². The van der Waals surface area contributed by atoms with Crippen molar-refractivity contribution in [2.24, 2.45) is 0 Å². The van der Waals surface area contributed by atoms with E-state index in [9.17, 15) is 12.6 Å². The van der Waals surface area contributed by atoms with Crippen molar-refractivity contribution in [2.45, 2.75) is 4.90 Å². The minimum Gasteiger partial charge on any atom is -0.398 e. The van der Waals surface area contributed by atoms with Crippen molar-refractivity contribution in [3.63, 3.8) is 0 Å². The zero-order valence-electron chi connectivity index (χ0n) is 9.44. The van der Waals surface area contributed by atoms with E-state index in [1.165, 1.54) is 12.3 Å². The summed E-state index contributed by atoms with van der Waals surface area (Å²) in [5.41, 5.74) is 5.84. The predicted molar refractivity (Wildman–Crippen MR) is 80.4 cm³/mol. The van der Waals surface area contributed by atoms with Crippen LogP contribution in [0.5, 0.6) is 0 Å². The number of anilines is 1. The second kappa shape index (κ2) is 6.47. The van der Waals surface area contributed by atoms with Gasteiger partial charge in [0, 0.05) is 38.3 Å². The van der Waals surface area contributed by atoms with Crippen LogP contribution in [-0.2, 0) is 20.8 Å². The van der Waals surface area contributed by atoms with Crippen LogP contribution < -0.4 is 10.5 Å². The summed E-state index contributed by atoms with van der Waals surface area (Å²) >= 11 is 6.39. The molecule has 0 aromatic heterocycles. The fourth-order valence-corrected chi connectivity index (χ4v) is 4.87. The van der Waals surface area contributed by atoms with Gasteiger partial charge in [-0.25, -0.2) is 13.1 Å². The van der Waals surface area contributed by atoms with Crippen molar-refractivity contribution in [2.75, 3.05) is 24.3 Å². The Morgan fingerprint density at radius 1 is 1.39 bits per heavy atom. The Balaban J connectivity index is 3.02. The highest BCUT2D eigenvalue weighted by atomic mass is 79.9. The Hall–Kier alpha value is 0.0400. The maximum Gasteiger partial charge on any atom is 0.243 e. The van der Waals surface area contributed by atoms with E-state index in [2.05, 4.69) is 36.6 Å². The summed E-state index contributed by atoms with van der Waals surface area (Å²) in [7, 11) is -4.76. The van der Waals surface area contributed by atoms with Crippen LogP contribution in [0, 0.1) is 0 Å². The fourth-order valence-electron chi connectivity index (χ4n) is 1.26. The summed E-state index contributed by atoms with van der Waals surface area (Å²) < 4.78 is 38.4. The predicted octanol–water partition coefficient (Wildman–Crippen LogP) is 1.45. The van der Waals surface area contributed by atoms with Gasteiger partial charge in [-0.05, 0) is 28.1 Å². The minimum absolute atomic E-state index is 0.00687. The molecule has 1 aromatic carbocycles. The largest absolute Gasteiger partial charge is 0.398 e. The Morgan fingerprint density at radius 2 is 2.00 bits per heavy atom. The van der Waals surface area contributed by atoms with Crippen LogP contribution in [0.15, 0.2) is 26.0 Å². The third kappa shape index (κ3) is 4.30. The van der Waals surface area contributed by atoms with Crippen LogP contribution in [0.3, 0.4) is 0 Å². The molecule has 102 valence electrons. The molecule has 0 saturated heterocycles. The molecule has 18 heavy (non-hydrogen) atoms. The molecule has 1 aromatic rings. The summed E-state index contributed by atoms with van der Waals surface area (Å²) in [6.07, 6.45) is 1.51. The fraction of sp³-hybridized carbons (Fsp3) is 0.333. The molecule has 3 N–H and O–H groups in total. The van der Waals surface area contributed by atoms with Gasteiger partial charge < -0.3 is 5.73 Å². The van der Waals surface area contributed by atoms with Gasteiger partial charge in [0.05, 0.1) is 5.69 Å². The number of hydrogen-bond donors (Lipinski definition) is 2. The first-order chi connectivity index (χ1) is 8.24. The molecule has 0 saturated carbocycles. The molecule has 0 aliphatic rings. The number of benzene rings is 1. The molecule has 0 fully saturated rings. The summed E-state index contributed by atoms with van der Waals surface area (Å²) in [4.78, 5) is -0.00687. The van der Waals surface area contributed by atoms with Gasteiger partial charge in [-0.2, -0.15) is 0 Å². The number of nitrogens with one attached hydrogen (secondary N) is 1. The summed E-state index contributed by atoms with van der Waals surface area (Å²) in [6, 6.07) is 3.11. The Morgan fingerprint density at radius 3 is 2.50 bits per heavy atom. The van der Waals surface area contributed by atoms with E-state index in [0.29, 0.717) is 8.95 Å². The molecule has 0 amide bonds. The van der Waals surface area contributed by atoms with Crippen molar-refractivity contribution in [3.8, 4) is 0 Å². The van der Waals surface area contributed by atoms with Gasteiger partial charge in [0.15, 0.2) is 0 Å². The molecule has 0 aliphatic carbocycles. The molecule has 1 atom stereocenters. The first-order valence-corrected chi connectivity index (χ1v) is 9.58. The lowest BCUT2D eigenvalue weighted by atomic mass is 10.3. The smallest absolute Gasteiger partial charge is 0.243 e. The van der Waals surface area contributed by atoms with Crippen molar-refractivity contribution in [3.05, 3.63) is 21.1 Å². The van der Waals surface area contributed by atoms with Gasteiger partial charge in [0.2, 0.25) is 10.0 Å². The highest BCUT2D eigenvalue weighted by Crippen LogP contribution is 2.31. The van der Waals surface area contributed by atoms with E-state index in [1.54, 1.807) is 6.07 Å². The zero-order valence-corrected chi connectivity index (χ0v) is 14.2. The Bertz CT molecular complexity index is 552. The monoisotopic (exact) mass is 418 g/mol. The second-order valence-electron chi connectivity index (χ2n) is 3.48. The van der Waals surface area contributed by atoms with E-state index in [0.717, 1.165) is 0 Å². The Labute approximate surface area is 125 Å². The molecule has 1 unspecified atom stereocenters. The molecule has 0 spiro atoms. The van der Waals surface area contributed by atoms with E-state index in [-0.39, 0.29) is 22.9 Å². The van der Waals surface area contributed by atoms with Gasteiger partial charge >= 0.3 is 0 Å². The number of rotatable bonds is 5. The second-order valence-corrected chi connectivity index (χ2v) is 8.51. The van der Waals surface area contributed by atoms with Gasteiger partial charge in [-0.1, -0.05) is 15.9 Å². The van der Waals surface area contributed by atoms with Crippen LogP contribution in [0.1, 0.15) is 0 Å². The van der Waals surface area contributed by atoms with Gasteiger partial charge in [0.1, 0.15) is 4.90 Å². The highest BCUT2D eigenvalue weighted by Gasteiger charge is 2.21. The van der Waals surface area contributed by atoms with Crippen LogP contribution in [0.4, 0.5) is 5.69 Å². The number of hydrogen-bond acceptors (Lipinski definition) is 4. The third-order valence-electron chi connectivity index (χ3n) is 1.99. The molecule has 1 rings (SSSR count). The average Bonchev–Trinajstić information content (AvgIpc) is 2.13. The lowest BCUT2D eigenvalue weighted by Gasteiger charge is -2.11. The van der Waals surface area contributed by atoms with E-state index in [1.807, 2.05) is 0 Å². The molecular weight excluding hydrogens is 408 g/mol. The van der Waals surface area contributed by atoms with Crippen LogP contribution in [-0.4, -0.2) is 31.2 Å². The standard InChI is InChI=1S/C9H12Br2N2O3S2/c1-17(14)3-2-13-18(15,16)9-7(11)4-6(10)5-8(9)12/h4-5,13H,2-3,12H2,1H3. The minimum atomic E-state index is -3.71. The number of sulfonamides is 1. The van der Waals surface area contributed by atoms with Crippen molar-refractivity contribution >= 4 is 58.4 Å². The molecule has 0 bridgehead atoms.